The van der Waals surface area contributed by atoms with Crippen molar-refractivity contribution >= 4 is 28.3 Å². The van der Waals surface area contributed by atoms with E-state index in [0.29, 0.717) is 24.4 Å². The van der Waals surface area contributed by atoms with Crippen molar-refractivity contribution in [2.45, 2.75) is 32.2 Å². The van der Waals surface area contributed by atoms with Gasteiger partial charge in [-0.15, -0.1) is 0 Å². The van der Waals surface area contributed by atoms with Gasteiger partial charge in [-0.1, -0.05) is 43.3 Å². The van der Waals surface area contributed by atoms with Gasteiger partial charge in [-0.3, -0.25) is 9.59 Å². The zero-order valence-corrected chi connectivity index (χ0v) is 17.7. The highest BCUT2D eigenvalue weighted by molar-refractivity contribution is 6.01. The summed E-state index contributed by atoms with van der Waals surface area (Å²) in [6.45, 7) is 2.98. The number of halogens is 1. The quantitative estimate of drug-likeness (QED) is 0.620. The van der Waals surface area contributed by atoms with E-state index >= 15 is 0 Å². The Kier molecular flexibility index (Phi) is 5.89. The van der Waals surface area contributed by atoms with Crippen molar-refractivity contribution in [2.75, 3.05) is 19.0 Å². The Morgan fingerprint density at radius 3 is 2.81 bits per heavy atom. The summed E-state index contributed by atoms with van der Waals surface area (Å²) in [6, 6.07) is 16.1. The van der Waals surface area contributed by atoms with Crippen LogP contribution in [-0.4, -0.2) is 30.4 Å². The Balaban J connectivity index is 1.66. The van der Waals surface area contributed by atoms with E-state index in [9.17, 15) is 14.0 Å². The summed E-state index contributed by atoms with van der Waals surface area (Å²) in [7, 11) is 1.73. The lowest BCUT2D eigenvalue weighted by molar-refractivity contribution is -0.134. The van der Waals surface area contributed by atoms with E-state index in [-0.39, 0.29) is 18.2 Å². The van der Waals surface area contributed by atoms with Crippen LogP contribution < -0.4 is 10.1 Å². The third-order valence-electron chi connectivity index (χ3n) is 5.58. The first-order chi connectivity index (χ1) is 15.0. The average Bonchev–Trinajstić information content (AvgIpc) is 2.77. The third kappa shape index (κ3) is 4.24. The van der Waals surface area contributed by atoms with E-state index in [1.54, 1.807) is 18.0 Å². The van der Waals surface area contributed by atoms with E-state index in [2.05, 4.69) is 5.32 Å². The number of carbonyl (C=O) groups is 2. The molecule has 5 nitrogen and oxygen atoms in total. The minimum absolute atomic E-state index is 0.0382. The first-order valence-electron chi connectivity index (χ1n) is 10.5. The largest absolute Gasteiger partial charge is 0.493 e. The number of nitrogens with zero attached hydrogens (tertiary/aromatic N) is 1. The van der Waals surface area contributed by atoms with Crippen molar-refractivity contribution in [3.8, 4) is 5.75 Å². The van der Waals surface area contributed by atoms with Crippen molar-refractivity contribution < 1.29 is 18.7 Å². The van der Waals surface area contributed by atoms with Crippen LogP contribution in [0.4, 0.5) is 10.1 Å². The molecule has 160 valence electrons. The molecule has 1 heterocycles. The van der Waals surface area contributed by atoms with Gasteiger partial charge in [0.05, 0.1) is 12.5 Å². The van der Waals surface area contributed by atoms with Gasteiger partial charge in [-0.2, -0.15) is 0 Å². The minimum atomic E-state index is -0.649. The number of likely N-dealkylation sites (N-methyl/N-ethyl adjacent to an activating group) is 1. The SMILES string of the molecule is CCCOc1ccc2ccccc2c1CN(C)C(=O)[C@H]1CC(=O)Nc2cc(F)ccc21. The highest BCUT2D eigenvalue weighted by atomic mass is 19.1. The summed E-state index contributed by atoms with van der Waals surface area (Å²) in [5.41, 5.74) is 1.93. The maximum absolute atomic E-state index is 13.6. The van der Waals surface area contributed by atoms with Gasteiger partial charge in [-0.25, -0.2) is 4.39 Å². The molecule has 4 rings (SSSR count). The monoisotopic (exact) mass is 420 g/mol. The smallest absolute Gasteiger partial charge is 0.230 e. The molecular formula is C25H25FN2O3. The molecule has 1 atom stereocenters. The molecular weight excluding hydrogens is 395 g/mol. The van der Waals surface area contributed by atoms with Crippen molar-refractivity contribution in [1.82, 2.24) is 4.90 Å². The molecule has 3 aromatic rings. The molecule has 3 aromatic carbocycles. The second-order valence-electron chi connectivity index (χ2n) is 7.84. The molecule has 1 aliphatic heterocycles. The average molecular weight is 420 g/mol. The number of fused-ring (bicyclic) bond motifs is 2. The highest BCUT2D eigenvalue weighted by Gasteiger charge is 2.33. The number of hydrogen-bond acceptors (Lipinski definition) is 3. The molecule has 0 spiro atoms. The van der Waals surface area contributed by atoms with Crippen molar-refractivity contribution in [1.29, 1.82) is 0 Å². The standard InChI is InChI=1S/C25H25FN2O3/c1-3-12-31-23-11-8-16-6-4-5-7-18(16)21(23)15-28(2)25(30)20-14-24(29)27-22-13-17(26)9-10-19(20)22/h4-11,13,20H,3,12,14-15H2,1-2H3,(H,27,29)/t20-/m0/s1. The Morgan fingerprint density at radius 2 is 2.00 bits per heavy atom. The first-order valence-corrected chi connectivity index (χ1v) is 10.5. The molecule has 0 aromatic heterocycles. The number of carbonyl (C=O) groups excluding carboxylic acids is 2. The Bertz CT molecular complexity index is 1140. The van der Waals surface area contributed by atoms with Crippen molar-refractivity contribution in [3.05, 3.63) is 71.5 Å². The fraction of sp³-hybridized carbons (Fsp3) is 0.280. The van der Waals surface area contributed by atoms with Gasteiger partial charge in [0.15, 0.2) is 0 Å². The number of benzene rings is 3. The normalized spacial score (nSPS) is 15.3. The molecule has 0 fully saturated rings. The van der Waals surface area contributed by atoms with Crippen LogP contribution in [0.5, 0.6) is 5.75 Å². The van der Waals surface area contributed by atoms with Gasteiger partial charge in [0.2, 0.25) is 11.8 Å². The van der Waals surface area contributed by atoms with Crippen LogP contribution in [0.25, 0.3) is 10.8 Å². The van der Waals surface area contributed by atoms with Crippen LogP contribution >= 0.6 is 0 Å². The fourth-order valence-electron chi connectivity index (χ4n) is 4.06. The van der Waals surface area contributed by atoms with Crippen LogP contribution in [0.1, 0.15) is 36.8 Å². The van der Waals surface area contributed by atoms with Gasteiger partial charge in [-0.05, 0) is 41.0 Å². The summed E-state index contributed by atoms with van der Waals surface area (Å²) in [6.07, 6.45) is 0.919. The van der Waals surface area contributed by atoms with Crippen LogP contribution in [0.15, 0.2) is 54.6 Å². The number of anilines is 1. The van der Waals surface area contributed by atoms with Gasteiger partial charge < -0.3 is 15.0 Å². The number of nitrogens with one attached hydrogen (secondary N) is 1. The first kappa shape index (κ1) is 20.8. The Morgan fingerprint density at radius 1 is 1.19 bits per heavy atom. The van der Waals surface area contributed by atoms with Crippen LogP contribution in [0.3, 0.4) is 0 Å². The zero-order valence-electron chi connectivity index (χ0n) is 17.7. The molecule has 6 heteroatoms. The van der Waals surface area contributed by atoms with E-state index in [1.165, 1.54) is 12.1 Å². The molecule has 0 saturated carbocycles. The predicted octanol–water partition coefficient (Wildman–Crippen LogP) is 4.85. The lowest BCUT2D eigenvalue weighted by atomic mass is 9.89. The molecule has 2 amide bonds. The summed E-state index contributed by atoms with van der Waals surface area (Å²) < 4.78 is 19.6. The summed E-state index contributed by atoms with van der Waals surface area (Å²) >= 11 is 0. The number of rotatable bonds is 6. The Hall–Kier alpha value is -3.41. The molecule has 31 heavy (non-hydrogen) atoms. The highest BCUT2D eigenvalue weighted by Crippen LogP contribution is 2.35. The van der Waals surface area contributed by atoms with Crippen molar-refractivity contribution in [2.24, 2.45) is 0 Å². The summed E-state index contributed by atoms with van der Waals surface area (Å²) in [5.74, 6) is -0.818. The van der Waals surface area contributed by atoms with Crippen molar-refractivity contribution in [3.63, 3.8) is 0 Å². The van der Waals surface area contributed by atoms with Gasteiger partial charge in [0.1, 0.15) is 11.6 Å². The van der Waals surface area contributed by atoms with E-state index < -0.39 is 11.7 Å². The molecule has 0 saturated heterocycles. The zero-order chi connectivity index (χ0) is 22.0. The molecule has 1 aliphatic rings. The van der Waals surface area contributed by atoms with E-state index in [0.717, 1.165) is 28.5 Å². The second-order valence-corrected chi connectivity index (χ2v) is 7.84. The molecule has 0 bridgehead atoms. The van der Waals surface area contributed by atoms with E-state index in [1.807, 2.05) is 43.3 Å². The molecule has 0 radical (unpaired) electrons. The maximum Gasteiger partial charge on any atom is 0.230 e. The van der Waals surface area contributed by atoms with Crippen LogP contribution in [-0.2, 0) is 16.1 Å². The Labute approximate surface area is 180 Å². The lowest BCUT2D eigenvalue weighted by Gasteiger charge is -2.29. The third-order valence-corrected chi connectivity index (χ3v) is 5.58. The topological polar surface area (TPSA) is 58.6 Å². The predicted molar refractivity (Wildman–Crippen MR) is 119 cm³/mol. The molecule has 0 unspecified atom stereocenters. The number of ether oxygens (including phenoxy) is 1. The number of amides is 2. The van der Waals surface area contributed by atoms with Crippen LogP contribution in [0.2, 0.25) is 0 Å². The molecule has 0 aliphatic carbocycles. The minimum Gasteiger partial charge on any atom is -0.493 e. The second kappa shape index (κ2) is 8.76. The fourth-order valence-corrected chi connectivity index (χ4v) is 4.06. The lowest BCUT2D eigenvalue weighted by Crippen LogP contribution is -2.36. The molecule has 1 N–H and O–H groups in total. The summed E-state index contributed by atoms with van der Waals surface area (Å²) in [4.78, 5) is 27.1. The van der Waals surface area contributed by atoms with Gasteiger partial charge >= 0.3 is 0 Å². The van der Waals surface area contributed by atoms with Crippen LogP contribution in [0, 0.1) is 5.82 Å². The maximum atomic E-state index is 13.6. The van der Waals surface area contributed by atoms with Gasteiger partial charge in [0.25, 0.3) is 0 Å². The van der Waals surface area contributed by atoms with E-state index in [4.69, 9.17) is 4.74 Å². The van der Waals surface area contributed by atoms with Gasteiger partial charge in [0, 0.05) is 31.3 Å². The summed E-state index contributed by atoms with van der Waals surface area (Å²) in [5, 5.41) is 4.76. The number of hydrogen-bond donors (Lipinski definition) is 1.